The standard InChI is InChI=1S/C19H20FN3O6S/c20-16-6-3-14(11-17(16)30(26,27)23-7-9-28-10-8-23)22-18(24)12-29-15-4-1-13(2-5-15)19(21)25/h1-6,11H,7-10,12H2,(H2,21,25)(H,22,24). The quantitative estimate of drug-likeness (QED) is 0.664. The summed E-state index contributed by atoms with van der Waals surface area (Å²) in [7, 11) is -4.06. The number of morpholine rings is 1. The summed E-state index contributed by atoms with van der Waals surface area (Å²) < 4.78 is 51.2. The number of rotatable bonds is 7. The Morgan fingerprint density at radius 1 is 1.13 bits per heavy atom. The predicted octanol–water partition coefficient (Wildman–Crippen LogP) is 0.963. The molecule has 2 amide bonds. The number of halogens is 1. The summed E-state index contributed by atoms with van der Waals surface area (Å²) in [6, 6.07) is 9.19. The number of hydrogen-bond acceptors (Lipinski definition) is 6. The molecule has 1 fully saturated rings. The molecule has 3 N–H and O–H groups in total. The van der Waals surface area contributed by atoms with Gasteiger partial charge in [0.2, 0.25) is 15.9 Å². The van der Waals surface area contributed by atoms with E-state index in [0.717, 1.165) is 16.4 Å². The number of nitrogens with zero attached hydrogens (tertiary/aromatic N) is 1. The molecular weight excluding hydrogens is 417 g/mol. The van der Waals surface area contributed by atoms with Gasteiger partial charge < -0.3 is 20.5 Å². The summed E-state index contributed by atoms with van der Waals surface area (Å²) in [5, 5.41) is 2.47. The van der Waals surface area contributed by atoms with Gasteiger partial charge in [0.25, 0.3) is 5.91 Å². The van der Waals surface area contributed by atoms with E-state index >= 15 is 0 Å². The Hall–Kier alpha value is -3.02. The second kappa shape index (κ2) is 9.20. The highest BCUT2D eigenvalue weighted by Gasteiger charge is 2.29. The first-order chi connectivity index (χ1) is 14.3. The lowest BCUT2D eigenvalue weighted by molar-refractivity contribution is -0.118. The lowest BCUT2D eigenvalue weighted by Crippen LogP contribution is -2.40. The first-order valence-corrected chi connectivity index (χ1v) is 10.4. The molecule has 2 aromatic rings. The molecule has 1 aliphatic rings. The first-order valence-electron chi connectivity index (χ1n) is 8.97. The van der Waals surface area contributed by atoms with Gasteiger partial charge in [-0.15, -0.1) is 0 Å². The Labute approximate surface area is 172 Å². The van der Waals surface area contributed by atoms with Crippen LogP contribution in [0.25, 0.3) is 0 Å². The maximum Gasteiger partial charge on any atom is 0.262 e. The lowest BCUT2D eigenvalue weighted by Gasteiger charge is -2.26. The number of primary amides is 1. The lowest BCUT2D eigenvalue weighted by atomic mass is 10.2. The predicted molar refractivity (Wildman–Crippen MR) is 105 cm³/mol. The molecule has 11 heteroatoms. The van der Waals surface area contributed by atoms with Crippen molar-refractivity contribution in [3.05, 3.63) is 53.8 Å². The van der Waals surface area contributed by atoms with Gasteiger partial charge >= 0.3 is 0 Å². The summed E-state index contributed by atoms with van der Waals surface area (Å²) in [5.74, 6) is -1.73. The largest absolute Gasteiger partial charge is 0.484 e. The number of hydrogen-bond donors (Lipinski definition) is 2. The molecule has 2 aromatic carbocycles. The minimum Gasteiger partial charge on any atom is -0.484 e. The van der Waals surface area contributed by atoms with E-state index in [2.05, 4.69) is 5.32 Å². The van der Waals surface area contributed by atoms with Crippen molar-refractivity contribution in [3.8, 4) is 5.75 Å². The zero-order chi connectivity index (χ0) is 21.7. The van der Waals surface area contributed by atoms with Crippen LogP contribution >= 0.6 is 0 Å². The minimum atomic E-state index is -4.06. The average molecular weight is 437 g/mol. The number of anilines is 1. The Kier molecular flexibility index (Phi) is 6.65. The number of nitrogens with one attached hydrogen (secondary N) is 1. The summed E-state index contributed by atoms with van der Waals surface area (Å²) >= 11 is 0. The molecule has 0 atom stereocenters. The van der Waals surface area contributed by atoms with Gasteiger partial charge in [-0.2, -0.15) is 4.31 Å². The Morgan fingerprint density at radius 3 is 2.43 bits per heavy atom. The van der Waals surface area contributed by atoms with E-state index < -0.39 is 32.6 Å². The van der Waals surface area contributed by atoms with Gasteiger partial charge in [-0.1, -0.05) is 0 Å². The fourth-order valence-corrected chi connectivity index (χ4v) is 4.26. The third-order valence-corrected chi connectivity index (χ3v) is 6.23. The molecule has 0 spiro atoms. The van der Waals surface area contributed by atoms with Crippen molar-refractivity contribution in [2.45, 2.75) is 4.90 Å². The highest BCUT2D eigenvalue weighted by Crippen LogP contribution is 2.24. The van der Waals surface area contributed by atoms with Crippen LogP contribution in [-0.4, -0.2) is 57.4 Å². The monoisotopic (exact) mass is 437 g/mol. The Bertz CT molecular complexity index is 1040. The van der Waals surface area contributed by atoms with E-state index in [-0.39, 0.29) is 38.6 Å². The van der Waals surface area contributed by atoms with Gasteiger partial charge in [0.05, 0.1) is 13.2 Å². The minimum absolute atomic E-state index is 0.112. The Morgan fingerprint density at radius 2 is 1.80 bits per heavy atom. The van der Waals surface area contributed by atoms with Crippen LogP contribution in [0.4, 0.5) is 10.1 Å². The molecule has 0 unspecified atom stereocenters. The molecule has 0 radical (unpaired) electrons. The zero-order valence-electron chi connectivity index (χ0n) is 15.8. The van der Waals surface area contributed by atoms with Gasteiger partial charge in [-0.3, -0.25) is 9.59 Å². The molecule has 0 aliphatic carbocycles. The second-order valence-corrected chi connectivity index (χ2v) is 8.29. The van der Waals surface area contributed by atoms with Crippen LogP contribution in [0.5, 0.6) is 5.75 Å². The number of amides is 2. The van der Waals surface area contributed by atoms with Crippen LogP contribution in [0.2, 0.25) is 0 Å². The van der Waals surface area contributed by atoms with Crippen LogP contribution in [0, 0.1) is 5.82 Å². The zero-order valence-corrected chi connectivity index (χ0v) is 16.7. The third kappa shape index (κ3) is 5.12. The number of benzene rings is 2. The highest BCUT2D eigenvalue weighted by molar-refractivity contribution is 7.89. The van der Waals surface area contributed by atoms with Gasteiger partial charge in [-0.05, 0) is 42.5 Å². The fraction of sp³-hybridized carbons (Fsp3) is 0.263. The molecule has 0 aromatic heterocycles. The number of carbonyl (C=O) groups excluding carboxylic acids is 2. The van der Waals surface area contributed by atoms with Crippen LogP contribution in [0.1, 0.15) is 10.4 Å². The molecule has 0 saturated carbocycles. The SMILES string of the molecule is NC(=O)c1ccc(OCC(=O)Nc2ccc(F)c(S(=O)(=O)N3CCOCC3)c2)cc1. The molecule has 160 valence electrons. The van der Waals surface area contributed by atoms with Gasteiger partial charge in [0, 0.05) is 24.3 Å². The van der Waals surface area contributed by atoms with Crippen molar-refractivity contribution in [3.63, 3.8) is 0 Å². The molecular formula is C19H20FN3O6S. The number of nitrogens with two attached hydrogens (primary N) is 1. The molecule has 1 heterocycles. The Balaban J connectivity index is 1.65. The molecule has 0 bridgehead atoms. The summed E-state index contributed by atoms with van der Waals surface area (Å²) in [5.41, 5.74) is 5.56. The number of sulfonamides is 1. The van der Waals surface area contributed by atoms with Crippen molar-refractivity contribution < 1.29 is 31.9 Å². The maximum atomic E-state index is 14.2. The third-order valence-electron chi connectivity index (χ3n) is 4.31. The maximum absolute atomic E-state index is 14.2. The number of ether oxygens (including phenoxy) is 2. The van der Waals surface area contributed by atoms with Crippen molar-refractivity contribution >= 4 is 27.5 Å². The average Bonchev–Trinajstić information content (AvgIpc) is 2.74. The van der Waals surface area contributed by atoms with Crippen molar-refractivity contribution in [2.24, 2.45) is 5.73 Å². The van der Waals surface area contributed by atoms with E-state index in [1.807, 2.05) is 0 Å². The highest BCUT2D eigenvalue weighted by atomic mass is 32.2. The smallest absolute Gasteiger partial charge is 0.262 e. The molecule has 1 aliphatic heterocycles. The fourth-order valence-electron chi connectivity index (χ4n) is 2.77. The van der Waals surface area contributed by atoms with Crippen molar-refractivity contribution in [1.82, 2.24) is 4.31 Å². The second-order valence-electron chi connectivity index (χ2n) is 6.39. The molecule has 9 nitrogen and oxygen atoms in total. The first kappa shape index (κ1) is 21.7. The molecule has 1 saturated heterocycles. The van der Waals surface area contributed by atoms with Crippen LogP contribution < -0.4 is 15.8 Å². The van der Waals surface area contributed by atoms with E-state index in [9.17, 15) is 22.4 Å². The van der Waals surface area contributed by atoms with Gasteiger partial charge in [0.1, 0.15) is 16.5 Å². The molecule has 30 heavy (non-hydrogen) atoms. The van der Waals surface area contributed by atoms with Crippen LogP contribution in [0.15, 0.2) is 47.4 Å². The van der Waals surface area contributed by atoms with Gasteiger partial charge in [-0.25, -0.2) is 12.8 Å². The normalized spacial score (nSPS) is 14.8. The summed E-state index contributed by atoms with van der Waals surface area (Å²) in [6.07, 6.45) is 0. The van der Waals surface area contributed by atoms with E-state index in [4.69, 9.17) is 15.2 Å². The van der Waals surface area contributed by atoms with Crippen LogP contribution in [0.3, 0.4) is 0 Å². The van der Waals surface area contributed by atoms with Crippen molar-refractivity contribution in [1.29, 1.82) is 0 Å². The molecule has 3 rings (SSSR count). The van der Waals surface area contributed by atoms with Crippen LogP contribution in [-0.2, 0) is 19.6 Å². The topological polar surface area (TPSA) is 128 Å². The van der Waals surface area contributed by atoms with E-state index in [1.54, 1.807) is 0 Å². The van der Waals surface area contributed by atoms with Crippen molar-refractivity contribution in [2.75, 3.05) is 38.2 Å². The van der Waals surface area contributed by atoms with Gasteiger partial charge in [0.15, 0.2) is 6.61 Å². The number of carbonyl (C=O) groups is 2. The summed E-state index contributed by atoms with van der Waals surface area (Å²) in [4.78, 5) is 22.6. The van der Waals surface area contributed by atoms with E-state index in [0.29, 0.717) is 11.3 Å². The van der Waals surface area contributed by atoms with E-state index in [1.165, 1.54) is 30.3 Å². The summed E-state index contributed by atoms with van der Waals surface area (Å²) in [6.45, 7) is 0.338.